The molecular weight excluding hydrogens is 453 g/mol. The zero-order valence-electron chi connectivity index (χ0n) is 18.1. The molecule has 0 unspecified atom stereocenters. The van der Waals surface area contributed by atoms with Crippen LogP contribution in [0.25, 0.3) is 0 Å². The van der Waals surface area contributed by atoms with Gasteiger partial charge in [-0.15, -0.1) is 0 Å². The highest BCUT2D eigenvalue weighted by Crippen LogP contribution is 2.26. The first kappa shape index (κ1) is 24.5. The van der Waals surface area contributed by atoms with Crippen LogP contribution in [0.15, 0.2) is 47.4 Å². The number of nitrogens with zero attached hydrogens (tertiary/aromatic N) is 1. The molecule has 1 fully saturated rings. The first-order valence-electron chi connectivity index (χ1n) is 10.8. The van der Waals surface area contributed by atoms with E-state index in [4.69, 9.17) is 11.6 Å². The molecule has 9 heteroatoms. The lowest BCUT2D eigenvalue weighted by Gasteiger charge is -2.31. The van der Waals surface area contributed by atoms with Crippen molar-refractivity contribution in [3.05, 3.63) is 58.9 Å². The van der Waals surface area contributed by atoms with Crippen LogP contribution >= 0.6 is 11.6 Å². The molecule has 0 saturated heterocycles. The molecule has 0 atom stereocenters. The van der Waals surface area contributed by atoms with Crippen LogP contribution in [0.4, 0.5) is 10.1 Å². The number of amides is 1. The number of nitrogens with one attached hydrogen (secondary N) is 2. The first-order valence-corrected chi connectivity index (χ1v) is 12.7. The smallest absolute Gasteiger partial charge is 0.261 e. The zero-order chi connectivity index (χ0) is 23.1. The van der Waals surface area contributed by atoms with Crippen molar-refractivity contribution in [1.82, 2.24) is 10.2 Å². The minimum atomic E-state index is -3.97. The van der Waals surface area contributed by atoms with Crippen molar-refractivity contribution < 1.29 is 17.6 Å². The summed E-state index contributed by atoms with van der Waals surface area (Å²) in [6, 6.07) is 9.48. The number of carbonyl (C=O) groups is 1. The molecule has 2 N–H and O–H groups in total. The highest BCUT2D eigenvalue weighted by molar-refractivity contribution is 7.92. The van der Waals surface area contributed by atoms with Crippen molar-refractivity contribution in [1.29, 1.82) is 0 Å². The highest BCUT2D eigenvalue weighted by atomic mass is 35.5. The van der Waals surface area contributed by atoms with E-state index in [1.165, 1.54) is 44.2 Å². The van der Waals surface area contributed by atoms with E-state index in [1.54, 1.807) is 6.07 Å². The van der Waals surface area contributed by atoms with Crippen molar-refractivity contribution in [3.8, 4) is 0 Å². The quantitative estimate of drug-likeness (QED) is 0.510. The molecule has 2 aromatic carbocycles. The molecular formula is C23H29ClFN3O3S. The summed E-state index contributed by atoms with van der Waals surface area (Å²) >= 11 is 6.13. The van der Waals surface area contributed by atoms with E-state index in [0.29, 0.717) is 18.2 Å². The molecule has 1 saturated carbocycles. The number of rotatable bonds is 9. The molecule has 0 bridgehead atoms. The van der Waals surface area contributed by atoms with E-state index in [2.05, 4.69) is 22.0 Å². The zero-order valence-corrected chi connectivity index (χ0v) is 19.7. The van der Waals surface area contributed by atoms with E-state index in [-0.39, 0.29) is 21.5 Å². The Morgan fingerprint density at radius 1 is 1.12 bits per heavy atom. The molecule has 0 aromatic heterocycles. The molecule has 32 heavy (non-hydrogen) atoms. The van der Waals surface area contributed by atoms with Crippen LogP contribution in [0.3, 0.4) is 0 Å². The lowest BCUT2D eigenvalue weighted by atomic mass is 9.94. The van der Waals surface area contributed by atoms with Gasteiger partial charge >= 0.3 is 0 Å². The van der Waals surface area contributed by atoms with Crippen LogP contribution in [-0.4, -0.2) is 45.4 Å². The lowest BCUT2D eigenvalue weighted by Crippen LogP contribution is -2.35. The lowest BCUT2D eigenvalue weighted by molar-refractivity contribution is 0.0950. The Morgan fingerprint density at radius 2 is 1.81 bits per heavy atom. The molecule has 0 heterocycles. The molecule has 1 aliphatic carbocycles. The summed E-state index contributed by atoms with van der Waals surface area (Å²) in [5.74, 6) is -0.838. The second-order valence-electron chi connectivity index (χ2n) is 8.14. The van der Waals surface area contributed by atoms with E-state index in [0.717, 1.165) is 37.2 Å². The number of halogens is 2. The summed E-state index contributed by atoms with van der Waals surface area (Å²) in [4.78, 5) is 14.8. The van der Waals surface area contributed by atoms with Gasteiger partial charge in [-0.2, -0.15) is 0 Å². The van der Waals surface area contributed by atoms with Crippen molar-refractivity contribution in [2.45, 2.75) is 49.5 Å². The fraction of sp³-hybridized carbons (Fsp3) is 0.435. The third-order valence-corrected chi connectivity index (χ3v) is 7.48. The monoisotopic (exact) mass is 481 g/mol. The Labute approximate surface area is 194 Å². The second-order valence-corrected chi connectivity index (χ2v) is 10.2. The summed E-state index contributed by atoms with van der Waals surface area (Å²) in [7, 11) is -1.84. The molecule has 0 radical (unpaired) electrons. The van der Waals surface area contributed by atoms with Crippen molar-refractivity contribution >= 4 is 33.2 Å². The first-order chi connectivity index (χ1) is 15.3. The van der Waals surface area contributed by atoms with E-state index >= 15 is 0 Å². The van der Waals surface area contributed by atoms with Crippen LogP contribution in [0.2, 0.25) is 5.02 Å². The average Bonchev–Trinajstić information content (AvgIpc) is 2.78. The van der Waals surface area contributed by atoms with Gasteiger partial charge in [-0.25, -0.2) is 12.8 Å². The molecule has 174 valence electrons. The summed E-state index contributed by atoms with van der Waals surface area (Å²) < 4.78 is 40.6. The predicted octanol–water partition coefficient (Wildman–Crippen LogP) is 4.66. The van der Waals surface area contributed by atoms with Crippen LogP contribution in [-0.2, 0) is 10.0 Å². The Hall–Kier alpha value is -2.16. The van der Waals surface area contributed by atoms with E-state index in [9.17, 15) is 17.6 Å². The minimum Gasteiger partial charge on any atom is -0.352 e. The Balaban J connectivity index is 1.56. The third kappa shape index (κ3) is 6.67. The van der Waals surface area contributed by atoms with Crippen LogP contribution in [0.1, 0.15) is 48.9 Å². The van der Waals surface area contributed by atoms with Gasteiger partial charge < -0.3 is 10.2 Å². The van der Waals surface area contributed by atoms with Crippen LogP contribution in [0, 0.1) is 5.82 Å². The molecule has 0 aliphatic heterocycles. The summed E-state index contributed by atoms with van der Waals surface area (Å²) in [5.41, 5.74) is 0.382. The maximum Gasteiger partial charge on any atom is 0.261 e. The number of sulfonamides is 1. The second kappa shape index (κ2) is 11.1. The maximum atomic E-state index is 13.1. The van der Waals surface area contributed by atoms with Gasteiger partial charge in [0, 0.05) is 18.2 Å². The van der Waals surface area contributed by atoms with Gasteiger partial charge in [-0.1, -0.05) is 30.9 Å². The van der Waals surface area contributed by atoms with Gasteiger partial charge in [0.1, 0.15) is 5.82 Å². The van der Waals surface area contributed by atoms with Gasteiger partial charge in [-0.05, 0) is 75.3 Å². The van der Waals surface area contributed by atoms with Gasteiger partial charge in [0.25, 0.3) is 15.9 Å². The molecule has 2 aromatic rings. The van der Waals surface area contributed by atoms with Crippen LogP contribution < -0.4 is 10.0 Å². The van der Waals surface area contributed by atoms with Gasteiger partial charge in [0.2, 0.25) is 0 Å². The molecule has 1 aliphatic rings. The number of hydrogen-bond donors (Lipinski definition) is 2. The summed E-state index contributed by atoms with van der Waals surface area (Å²) in [6.07, 6.45) is 7.21. The highest BCUT2D eigenvalue weighted by Gasteiger charge is 2.19. The summed E-state index contributed by atoms with van der Waals surface area (Å²) in [5, 5.41) is 3.03. The summed E-state index contributed by atoms with van der Waals surface area (Å²) in [6.45, 7) is 1.43. The van der Waals surface area contributed by atoms with Crippen molar-refractivity contribution in [2.24, 2.45) is 0 Å². The fourth-order valence-corrected chi connectivity index (χ4v) is 5.19. The van der Waals surface area contributed by atoms with E-state index < -0.39 is 15.8 Å². The normalized spacial score (nSPS) is 15.0. The number of anilines is 1. The molecule has 0 spiro atoms. The maximum absolute atomic E-state index is 13.1. The van der Waals surface area contributed by atoms with Crippen LogP contribution in [0.5, 0.6) is 0 Å². The predicted molar refractivity (Wildman–Crippen MR) is 125 cm³/mol. The molecule has 1 amide bonds. The SMILES string of the molecule is CN(CCCNC(=O)c1ccc(Cl)c(NS(=O)(=O)c2ccc(F)cc2)c1)C1CCCCC1. The topological polar surface area (TPSA) is 78.5 Å². The average molecular weight is 482 g/mol. The largest absolute Gasteiger partial charge is 0.352 e. The van der Waals surface area contributed by atoms with Gasteiger partial charge in [0.15, 0.2) is 0 Å². The van der Waals surface area contributed by atoms with Gasteiger partial charge in [0.05, 0.1) is 15.6 Å². The number of carbonyl (C=O) groups excluding carboxylic acids is 1. The molecule has 6 nitrogen and oxygen atoms in total. The Morgan fingerprint density at radius 3 is 2.50 bits per heavy atom. The number of hydrogen-bond acceptors (Lipinski definition) is 4. The number of benzene rings is 2. The Kier molecular flexibility index (Phi) is 8.51. The van der Waals surface area contributed by atoms with Crippen molar-refractivity contribution in [3.63, 3.8) is 0 Å². The fourth-order valence-electron chi connectivity index (χ4n) is 3.90. The Bertz CT molecular complexity index is 1030. The van der Waals surface area contributed by atoms with Gasteiger partial charge in [-0.3, -0.25) is 9.52 Å². The van der Waals surface area contributed by atoms with E-state index in [1.807, 2.05) is 0 Å². The molecule has 3 rings (SSSR count). The third-order valence-electron chi connectivity index (χ3n) is 5.77. The standard InChI is InChI=1S/C23H29ClFN3O3S/c1-28(19-6-3-2-4-7-19)15-5-14-26-23(29)17-8-13-21(24)22(16-17)27-32(30,31)20-11-9-18(25)10-12-20/h8-13,16,19,27H,2-7,14-15H2,1H3,(H,26,29). The minimum absolute atomic E-state index is 0.0840. The van der Waals surface area contributed by atoms with Crippen molar-refractivity contribution in [2.75, 3.05) is 24.9 Å².